The van der Waals surface area contributed by atoms with Crippen LogP contribution in [0.1, 0.15) is 47.8 Å². The van der Waals surface area contributed by atoms with Crippen molar-refractivity contribution in [3.8, 4) is 0 Å². The summed E-state index contributed by atoms with van der Waals surface area (Å²) in [7, 11) is 0. The second kappa shape index (κ2) is 5.88. The lowest BCUT2D eigenvalue weighted by atomic mass is 9.96. The molecule has 2 aliphatic heterocycles. The molecule has 0 bridgehead atoms. The van der Waals surface area contributed by atoms with Crippen molar-refractivity contribution in [2.75, 3.05) is 4.90 Å². The van der Waals surface area contributed by atoms with E-state index in [9.17, 15) is 14.4 Å². The Morgan fingerprint density at radius 1 is 1.29 bits per heavy atom. The summed E-state index contributed by atoms with van der Waals surface area (Å²) < 4.78 is 10.7. The molecule has 9 nitrogen and oxygen atoms in total. The van der Waals surface area contributed by atoms with Gasteiger partial charge in [-0.25, -0.2) is 4.79 Å². The molecule has 3 aliphatic rings. The fraction of sp³-hybridized carbons (Fsp3) is 0.421. The van der Waals surface area contributed by atoms with Crippen molar-refractivity contribution < 1.29 is 23.5 Å². The quantitative estimate of drug-likeness (QED) is 0.739. The number of amides is 2. The van der Waals surface area contributed by atoms with Gasteiger partial charge in [0.15, 0.2) is 6.61 Å². The van der Waals surface area contributed by atoms with E-state index in [2.05, 4.69) is 10.2 Å². The molecule has 2 fully saturated rings. The summed E-state index contributed by atoms with van der Waals surface area (Å²) in [6.07, 6.45) is 1.96. The molecule has 1 saturated carbocycles. The van der Waals surface area contributed by atoms with Gasteiger partial charge in [0.1, 0.15) is 0 Å². The zero-order valence-electron chi connectivity index (χ0n) is 15.3. The normalized spacial score (nSPS) is 23.6. The number of anilines is 1. The third-order valence-corrected chi connectivity index (χ3v) is 5.43. The molecule has 1 aromatic heterocycles. The molecule has 1 atom stereocenters. The van der Waals surface area contributed by atoms with Crippen molar-refractivity contribution in [3.63, 3.8) is 0 Å². The van der Waals surface area contributed by atoms with Crippen LogP contribution in [0.3, 0.4) is 0 Å². The first-order chi connectivity index (χ1) is 13.5. The lowest BCUT2D eigenvalue weighted by Crippen LogP contribution is -2.69. The predicted octanol–water partition coefficient (Wildman–Crippen LogP) is 1.56. The molecule has 1 aromatic carbocycles. The Bertz CT molecular complexity index is 998. The number of carbonyl (C=O) groups excluding carboxylic acids is 3. The van der Waals surface area contributed by atoms with Gasteiger partial charge in [-0.3, -0.25) is 14.5 Å². The van der Waals surface area contributed by atoms with Crippen molar-refractivity contribution in [1.82, 2.24) is 15.1 Å². The van der Waals surface area contributed by atoms with Crippen LogP contribution in [0.25, 0.3) is 0 Å². The van der Waals surface area contributed by atoms with Crippen LogP contribution >= 0.6 is 0 Å². The van der Waals surface area contributed by atoms with E-state index in [0.717, 1.165) is 12.8 Å². The fourth-order valence-electron chi connectivity index (χ4n) is 4.15. The molecular weight excluding hydrogens is 364 g/mol. The van der Waals surface area contributed by atoms with Crippen LogP contribution < -0.4 is 4.90 Å². The Labute approximate surface area is 160 Å². The van der Waals surface area contributed by atoms with Gasteiger partial charge in [-0.05, 0) is 25.0 Å². The molecule has 2 amide bonds. The minimum absolute atomic E-state index is 0.0764. The van der Waals surface area contributed by atoms with Crippen LogP contribution in [0.2, 0.25) is 0 Å². The second-order valence-electron chi connectivity index (χ2n) is 7.26. The zero-order chi connectivity index (χ0) is 19.5. The first kappa shape index (κ1) is 16.9. The van der Waals surface area contributed by atoms with Crippen LogP contribution in [0.15, 0.2) is 28.7 Å². The Morgan fingerprint density at radius 3 is 2.79 bits per heavy atom. The van der Waals surface area contributed by atoms with Gasteiger partial charge in [-0.2, -0.15) is 0 Å². The van der Waals surface area contributed by atoms with E-state index in [1.165, 1.54) is 4.90 Å². The summed E-state index contributed by atoms with van der Waals surface area (Å²) in [6, 6.07) is 6.82. The predicted molar refractivity (Wildman–Crippen MR) is 93.9 cm³/mol. The smallest absolute Gasteiger partial charge is 0.354 e. The van der Waals surface area contributed by atoms with Crippen LogP contribution in [0.5, 0.6) is 0 Å². The molecule has 9 heteroatoms. The minimum atomic E-state index is -1.46. The Hall–Kier alpha value is -3.23. The lowest BCUT2D eigenvalue weighted by molar-refractivity contribution is -0.159. The average molecular weight is 382 g/mol. The van der Waals surface area contributed by atoms with Gasteiger partial charge >= 0.3 is 5.97 Å². The highest BCUT2D eigenvalue weighted by Crippen LogP contribution is 2.49. The molecule has 1 saturated heterocycles. The molecule has 144 valence electrons. The third-order valence-electron chi connectivity index (χ3n) is 5.43. The number of hydrogen-bond donors (Lipinski definition) is 0. The molecule has 1 aliphatic carbocycles. The summed E-state index contributed by atoms with van der Waals surface area (Å²) in [6.45, 7) is 1.43. The molecule has 0 N–H and O–H groups in total. The highest BCUT2D eigenvalue weighted by atomic mass is 16.5. The largest absolute Gasteiger partial charge is 0.452 e. The molecule has 2 aromatic rings. The number of aromatic nitrogens is 2. The van der Waals surface area contributed by atoms with Gasteiger partial charge in [0.25, 0.3) is 11.8 Å². The lowest BCUT2D eigenvalue weighted by Gasteiger charge is -2.48. The Morgan fingerprint density at radius 2 is 2.07 bits per heavy atom. The summed E-state index contributed by atoms with van der Waals surface area (Å²) in [5.41, 5.74) is -0.572. The maximum atomic E-state index is 13.3. The Kier molecular flexibility index (Phi) is 3.55. The molecule has 3 heterocycles. The second-order valence-corrected chi connectivity index (χ2v) is 7.26. The van der Waals surface area contributed by atoms with Gasteiger partial charge in [-0.1, -0.05) is 12.1 Å². The van der Waals surface area contributed by atoms with E-state index in [0.29, 0.717) is 17.1 Å². The third kappa shape index (κ3) is 2.28. The highest BCUT2D eigenvalue weighted by Gasteiger charge is 2.64. The maximum absolute atomic E-state index is 13.3. The first-order valence-corrected chi connectivity index (χ1v) is 9.24. The maximum Gasteiger partial charge on any atom is 0.354 e. The van der Waals surface area contributed by atoms with E-state index >= 15 is 0 Å². The van der Waals surface area contributed by atoms with Crippen LogP contribution in [0.4, 0.5) is 5.69 Å². The van der Waals surface area contributed by atoms with E-state index in [1.807, 2.05) is 0 Å². The number of nitrogens with zero attached hydrogens (tertiary/aromatic N) is 4. The van der Waals surface area contributed by atoms with Crippen molar-refractivity contribution in [2.45, 2.75) is 50.9 Å². The summed E-state index contributed by atoms with van der Waals surface area (Å²) in [5, 5.41) is 7.54. The summed E-state index contributed by atoms with van der Waals surface area (Å²) in [5.74, 6) is -0.559. The summed E-state index contributed by atoms with van der Waals surface area (Å²) in [4.78, 5) is 42.4. The minimum Gasteiger partial charge on any atom is -0.452 e. The number of para-hydroxylation sites is 1. The topological polar surface area (TPSA) is 106 Å². The molecule has 5 rings (SSSR count). The molecule has 0 radical (unpaired) electrons. The number of carbonyl (C=O) groups is 3. The molecule has 28 heavy (non-hydrogen) atoms. The molecule has 0 spiro atoms. The highest BCUT2D eigenvalue weighted by molar-refractivity contribution is 6.15. The fourth-order valence-corrected chi connectivity index (χ4v) is 4.15. The monoisotopic (exact) mass is 382 g/mol. The number of aryl methyl sites for hydroxylation is 1. The van der Waals surface area contributed by atoms with Gasteiger partial charge in [-0.15, -0.1) is 10.2 Å². The number of fused-ring (bicyclic) bond motifs is 3. The van der Waals surface area contributed by atoms with E-state index in [-0.39, 0.29) is 43.2 Å². The van der Waals surface area contributed by atoms with E-state index < -0.39 is 11.6 Å². The number of rotatable bonds is 4. The van der Waals surface area contributed by atoms with Crippen LogP contribution in [0, 0.1) is 6.92 Å². The number of benzene rings is 1. The number of hydrogen-bond acceptors (Lipinski definition) is 7. The van der Waals surface area contributed by atoms with E-state index in [1.54, 1.807) is 36.1 Å². The zero-order valence-corrected chi connectivity index (χ0v) is 15.3. The molecular formula is C19H18N4O5. The van der Waals surface area contributed by atoms with Crippen molar-refractivity contribution in [2.24, 2.45) is 0 Å². The van der Waals surface area contributed by atoms with Gasteiger partial charge < -0.3 is 14.1 Å². The number of esters is 1. The van der Waals surface area contributed by atoms with E-state index in [4.69, 9.17) is 9.15 Å². The van der Waals surface area contributed by atoms with Crippen molar-refractivity contribution in [3.05, 3.63) is 41.6 Å². The van der Waals surface area contributed by atoms with Gasteiger partial charge in [0.05, 0.1) is 11.3 Å². The van der Waals surface area contributed by atoms with Crippen molar-refractivity contribution >= 4 is 23.5 Å². The average Bonchev–Trinajstić information content (AvgIpc) is 3.34. The molecule has 1 unspecified atom stereocenters. The first-order valence-electron chi connectivity index (χ1n) is 9.24. The standard InChI is InChI=1S/C19H18N4O5/c1-11-20-21-15(28-11)10-27-18(26)19-9-8-16(24)23(19)14-5-3-2-4-13(14)17(25)22(19)12-6-7-12/h2-5,12H,6-10H2,1H3. The number of ether oxygens (including phenoxy) is 1. The summed E-state index contributed by atoms with van der Waals surface area (Å²) >= 11 is 0. The van der Waals surface area contributed by atoms with Crippen LogP contribution in [-0.2, 0) is 20.9 Å². The SMILES string of the molecule is Cc1nnc(COC(=O)C23CCC(=O)N2c2ccccc2C(=O)N3C2CC2)o1. The Balaban J connectivity index is 1.57. The van der Waals surface area contributed by atoms with Crippen molar-refractivity contribution in [1.29, 1.82) is 0 Å². The van der Waals surface area contributed by atoms with Crippen LogP contribution in [-0.4, -0.2) is 44.6 Å². The van der Waals surface area contributed by atoms with Gasteiger partial charge in [0.2, 0.25) is 17.5 Å². The van der Waals surface area contributed by atoms with Gasteiger partial charge in [0, 0.05) is 25.8 Å².